The number of nitrogens with zero attached hydrogens (tertiary/aromatic N) is 3. The number of carbonyl (C=O) groups excluding carboxylic acids is 2. The highest BCUT2D eigenvalue weighted by atomic mass is 79.9. The van der Waals surface area contributed by atoms with Gasteiger partial charge in [-0.3, -0.25) is 4.79 Å². The average molecular weight is 452 g/mol. The minimum Gasteiger partial charge on any atom is -0.452 e. The number of furan rings is 1. The Morgan fingerprint density at radius 2 is 2.19 bits per heavy atom. The van der Waals surface area contributed by atoms with E-state index in [1.165, 1.54) is 29.5 Å². The summed E-state index contributed by atoms with van der Waals surface area (Å²) in [6.45, 7) is -0.464. The molecule has 0 aliphatic heterocycles. The van der Waals surface area contributed by atoms with Crippen molar-refractivity contribution < 1.29 is 18.7 Å². The van der Waals surface area contributed by atoms with Crippen molar-refractivity contribution in [3.05, 3.63) is 64.5 Å². The van der Waals surface area contributed by atoms with Crippen LogP contribution in [0.15, 0.2) is 58.1 Å². The van der Waals surface area contributed by atoms with E-state index in [1.54, 1.807) is 30.3 Å². The molecular formula is C17H12BrClN4O4. The van der Waals surface area contributed by atoms with Gasteiger partial charge < -0.3 is 14.5 Å². The molecule has 2 heterocycles. The average Bonchev–Trinajstić information content (AvgIpc) is 3.30. The van der Waals surface area contributed by atoms with Crippen molar-refractivity contribution in [1.82, 2.24) is 14.8 Å². The van der Waals surface area contributed by atoms with Gasteiger partial charge >= 0.3 is 5.97 Å². The third-order valence-electron chi connectivity index (χ3n) is 3.22. The third-order valence-corrected chi connectivity index (χ3v) is 3.88. The second-order valence-electron chi connectivity index (χ2n) is 5.13. The number of hydrogen-bond donors (Lipinski definition) is 1. The highest BCUT2D eigenvalue weighted by Gasteiger charge is 2.11. The monoisotopic (exact) mass is 450 g/mol. The van der Waals surface area contributed by atoms with Gasteiger partial charge in [-0.1, -0.05) is 11.6 Å². The zero-order valence-corrected chi connectivity index (χ0v) is 16.0. The molecule has 0 bridgehead atoms. The molecular weight excluding hydrogens is 440 g/mol. The summed E-state index contributed by atoms with van der Waals surface area (Å²) in [5.74, 6) is -0.735. The molecule has 1 aromatic carbocycles. The van der Waals surface area contributed by atoms with Gasteiger partial charge in [-0.05, 0) is 52.3 Å². The van der Waals surface area contributed by atoms with Crippen LogP contribution < -0.4 is 5.32 Å². The van der Waals surface area contributed by atoms with Crippen molar-refractivity contribution in [3.8, 4) is 5.69 Å². The Hall–Kier alpha value is -2.91. The summed E-state index contributed by atoms with van der Waals surface area (Å²) in [7, 11) is 0. The van der Waals surface area contributed by atoms with Gasteiger partial charge in [0.05, 0.1) is 11.4 Å². The topological polar surface area (TPSA) is 99.2 Å². The van der Waals surface area contributed by atoms with Crippen LogP contribution in [0.25, 0.3) is 11.8 Å². The maximum Gasteiger partial charge on any atom is 0.331 e. The molecule has 0 aliphatic carbocycles. The summed E-state index contributed by atoms with van der Waals surface area (Å²) in [5.41, 5.74) is 0.977. The number of carbonyl (C=O) groups is 2. The first kappa shape index (κ1) is 18.9. The van der Waals surface area contributed by atoms with Crippen molar-refractivity contribution in [1.29, 1.82) is 0 Å². The van der Waals surface area contributed by atoms with Gasteiger partial charge in [0.25, 0.3) is 5.91 Å². The molecule has 1 N–H and O–H groups in total. The SMILES string of the molecule is O=C(COC(=O)/C=C/c1ccc(Br)o1)Nc1cc(Cl)ccc1-n1cncn1. The van der Waals surface area contributed by atoms with E-state index in [0.29, 0.717) is 26.8 Å². The number of esters is 1. The lowest BCUT2D eigenvalue weighted by atomic mass is 10.2. The van der Waals surface area contributed by atoms with Gasteiger partial charge in [0.1, 0.15) is 18.4 Å². The molecule has 2 aromatic heterocycles. The normalized spacial score (nSPS) is 10.9. The van der Waals surface area contributed by atoms with Crippen LogP contribution in [0.1, 0.15) is 5.76 Å². The molecule has 3 rings (SSSR count). The zero-order chi connectivity index (χ0) is 19.2. The Kier molecular flexibility index (Phi) is 6.05. The molecule has 0 saturated heterocycles. The standard InChI is InChI=1S/C17H12BrClN4O4/c18-15-5-2-12(27-15)3-6-17(25)26-8-16(24)22-13-7-11(19)1-4-14(13)23-10-20-9-21-23/h1-7,9-10H,8H2,(H,22,24)/b6-3+. The molecule has 0 atom stereocenters. The number of rotatable bonds is 6. The van der Waals surface area contributed by atoms with E-state index < -0.39 is 18.5 Å². The van der Waals surface area contributed by atoms with Gasteiger partial charge in [0.2, 0.25) is 0 Å². The van der Waals surface area contributed by atoms with E-state index in [9.17, 15) is 9.59 Å². The lowest BCUT2D eigenvalue weighted by molar-refractivity contribution is -0.142. The maximum absolute atomic E-state index is 12.1. The predicted molar refractivity (Wildman–Crippen MR) is 101 cm³/mol. The van der Waals surface area contributed by atoms with E-state index >= 15 is 0 Å². The Bertz CT molecular complexity index is 985. The number of halogens is 2. The smallest absolute Gasteiger partial charge is 0.331 e. The van der Waals surface area contributed by atoms with Crippen LogP contribution >= 0.6 is 27.5 Å². The minimum absolute atomic E-state index is 0.407. The van der Waals surface area contributed by atoms with E-state index in [1.807, 2.05) is 0 Å². The van der Waals surface area contributed by atoms with Crippen LogP contribution in [0.4, 0.5) is 5.69 Å². The van der Waals surface area contributed by atoms with Crippen LogP contribution in [0, 0.1) is 0 Å². The lowest BCUT2D eigenvalue weighted by Gasteiger charge is -2.11. The summed E-state index contributed by atoms with van der Waals surface area (Å²) in [5, 5.41) is 7.08. The molecule has 0 unspecified atom stereocenters. The lowest BCUT2D eigenvalue weighted by Crippen LogP contribution is -2.21. The van der Waals surface area contributed by atoms with E-state index in [2.05, 4.69) is 31.3 Å². The van der Waals surface area contributed by atoms with E-state index in [4.69, 9.17) is 20.8 Å². The number of hydrogen-bond acceptors (Lipinski definition) is 6. The highest BCUT2D eigenvalue weighted by molar-refractivity contribution is 9.10. The number of benzene rings is 1. The molecule has 8 nitrogen and oxygen atoms in total. The Balaban J connectivity index is 1.59. The first-order chi connectivity index (χ1) is 13.0. The van der Waals surface area contributed by atoms with Gasteiger partial charge in [0.15, 0.2) is 11.3 Å². The minimum atomic E-state index is -0.680. The van der Waals surface area contributed by atoms with Gasteiger partial charge in [-0.25, -0.2) is 14.5 Å². The molecule has 3 aromatic rings. The van der Waals surface area contributed by atoms with Crippen LogP contribution in [0.5, 0.6) is 0 Å². The summed E-state index contributed by atoms with van der Waals surface area (Å²) in [6, 6.07) is 8.27. The molecule has 1 amide bonds. The summed E-state index contributed by atoms with van der Waals surface area (Å²) >= 11 is 9.14. The number of ether oxygens (including phenoxy) is 1. The quantitative estimate of drug-likeness (QED) is 0.455. The van der Waals surface area contributed by atoms with Crippen molar-refractivity contribution in [2.75, 3.05) is 11.9 Å². The Labute approximate surface area is 166 Å². The Morgan fingerprint density at radius 3 is 2.89 bits per heavy atom. The number of nitrogens with one attached hydrogen (secondary N) is 1. The van der Waals surface area contributed by atoms with Gasteiger partial charge in [0, 0.05) is 11.1 Å². The molecule has 0 spiro atoms. The largest absolute Gasteiger partial charge is 0.452 e. The molecule has 0 fully saturated rings. The second kappa shape index (κ2) is 8.65. The van der Waals surface area contributed by atoms with Gasteiger partial charge in [-0.15, -0.1) is 0 Å². The van der Waals surface area contributed by atoms with Crippen LogP contribution in [0.2, 0.25) is 5.02 Å². The third kappa shape index (κ3) is 5.28. The van der Waals surface area contributed by atoms with Crippen LogP contribution in [-0.2, 0) is 14.3 Å². The van der Waals surface area contributed by atoms with Crippen LogP contribution in [0.3, 0.4) is 0 Å². The molecule has 27 heavy (non-hydrogen) atoms. The number of amides is 1. The van der Waals surface area contributed by atoms with E-state index in [-0.39, 0.29) is 0 Å². The molecule has 10 heteroatoms. The summed E-state index contributed by atoms with van der Waals surface area (Å²) in [6.07, 6.45) is 5.45. The fraction of sp³-hybridized carbons (Fsp3) is 0.0588. The molecule has 0 radical (unpaired) electrons. The Morgan fingerprint density at radius 1 is 1.33 bits per heavy atom. The summed E-state index contributed by atoms with van der Waals surface area (Å²) < 4.78 is 12.1. The number of anilines is 1. The van der Waals surface area contributed by atoms with Crippen molar-refractivity contribution in [2.24, 2.45) is 0 Å². The fourth-order valence-electron chi connectivity index (χ4n) is 2.08. The van der Waals surface area contributed by atoms with Crippen molar-refractivity contribution in [3.63, 3.8) is 0 Å². The first-order valence-electron chi connectivity index (χ1n) is 7.56. The van der Waals surface area contributed by atoms with Crippen molar-refractivity contribution in [2.45, 2.75) is 0 Å². The zero-order valence-electron chi connectivity index (χ0n) is 13.6. The maximum atomic E-state index is 12.1. The summed E-state index contributed by atoms with van der Waals surface area (Å²) in [4.78, 5) is 27.7. The van der Waals surface area contributed by atoms with Crippen LogP contribution in [-0.4, -0.2) is 33.2 Å². The highest BCUT2D eigenvalue weighted by Crippen LogP contribution is 2.23. The predicted octanol–water partition coefficient (Wildman–Crippen LogP) is 3.47. The molecule has 138 valence electrons. The fourth-order valence-corrected chi connectivity index (χ4v) is 2.57. The first-order valence-corrected chi connectivity index (χ1v) is 8.73. The van der Waals surface area contributed by atoms with E-state index in [0.717, 1.165) is 0 Å². The number of aromatic nitrogens is 3. The molecule has 0 aliphatic rings. The van der Waals surface area contributed by atoms with Gasteiger partial charge in [-0.2, -0.15) is 5.10 Å². The molecule has 0 saturated carbocycles. The van der Waals surface area contributed by atoms with Crippen molar-refractivity contribution >= 4 is 51.2 Å². The second-order valence-corrected chi connectivity index (χ2v) is 6.35.